The van der Waals surface area contributed by atoms with Gasteiger partial charge >= 0.3 is 0 Å². The van der Waals surface area contributed by atoms with Crippen molar-refractivity contribution in [3.63, 3.8) is 0 Å². The molecule has 17 heavy (non-hydrogen) atoms. The summed E-state index contributed by atoms with van der Waals surface area (Å²) in [7, 11) is 0. The summed E-state index contributed by atoms with van der Waals surface area (Å²) in [6, 6.07) is 5.97. The first kappa shape index (κ1) is 13.1. The van der Waals surface area contributed by atoms with Crippen LogP contribution in [0.3, 0.4) is 0 Å². The molecule has 1 fully saturated rings. The summed E-state index contributed by atoms with van der Waals surface area (Å²) in [6.07, 6.45) is 3.98. The van der Waals surface area contributed by atoms with Crippen molar-refractivity contribution in [3.8, 4) is 0 Å². The van der Waals surface area contributed by atoms with Crippen LogP contribution in [-0.4, -0.2) is 5.25 Å². The lowest BCUT2D eigenvalue weighted by atomic mass is 9.81. The smallest absolute Gasteiger partial charge is 0.0646 e. The van der Waals surface area contributed by atoms with E-state index in [9.17, 15) is 0 Å². The molecule has 94 valence electrons. The zero-order chi connectivity index (χ0) is 12.4. The lowest BCUT2D eigenvalue weighted by Gasteiger charge is -2.31. The lowest BCUT2D eigenvalue weighted by molar-refractivity contribution is 0.283. The maximum atomic E-state index is 6.05. The molecular formula is C14H20ClNS. The highest BCUT2D eigenvalue weighted by atomic mass is 35.5. The average Bonchev–Trinajstić information content (AvgIpc) is 2.29. The number of nitrogens with two attached hydrogens (primary N) is 1. The highest BCUT2D eigenvalue weighted by molar-refractivity contribution is 8.00. The largest absolute Gasteiger partial charge is 0.398 e. The molecule has 0 aromatic heterocycles. The zero-order valence-electron chi connectivity index (χ0n) is 10.4. The fourth-order valence-electron chi connectivity index (χ4n) is 2.38. The van der Waals surface area contributed by atoms with Gasteiger partial charge in [0.1, 0.15) is 0 Å². The SMILES string of the molecule is CC1CCC(Sc2ccc(N)c(Cl)c2)CC1C. The van der Waals surface area contributed by atoms with Gasteiger partial charge < -0.3 is 5.73 Å². The van der Waals surface area contributed by atoms with E-state index in [1.54, 1.807) is 0 Å². The second-order valence-corrected chi connectivity index (χ2v) is 6.97. The van der Waals surface area contributed by atoms with Crippen molar-refractivity contribution in [2.45, 2.75) is 43.3 Å². The van der Waals surface area contributed by atoms with Crippen LogP contribution in [0.15, 0.2) is 23.1 Å². The van der Waals surface area contributed by atoms with Gasteiger partial charge in [-0.05, 0) is 49.3 Å². The highest BCUT2D eigenvalue weighted by Gasteiger charge is 2.25. The van der Waals surface area contributed by atoms with Crippen molar-refractivity contribution >= 4 is 29.1 Å². The molecule has 3 heteroatoms. The molecule has 3 unspecified atom stereocenters. The van der Waals surface area contributed by atoms with Gasteiger partial charge in [0.2, 0.25) is 0 Å². The van der Waals surface area contributed by atoms with Crippen LogP contribution in [0.25, 0.3) is 0 Å². The number of rotatable bonds is 2. The summed E-state index contributed by atoms with van der Waals surface area (Å²) >= 11 is 8.00. The van der Waals surface area contributed by atoms with Crippen LogP contribution in [0.1, 0.15) is 33.1 Å². The van der Waals surface area contributed by atoms with E-state index >= 15 is 0 Å². The van der Waals surface area contributed by atoms with Gasteiger partial charge in [0.15, 0.2) is 0 Å². The van der Waals surface area contributed by atoms with Crippen molar-refractivity contribution in [3.05, 3.63) is 23.2 Å². The molecule has 0 spiro atoms. The number of anilines is 1. The monoisotopic (exact) mass is 269 g/mol. The quantitative estimate of drug-likeness (QED) is 0.778. The minimum absolute atomic E-state index is 0.668. The van der Waals surface area contributed by atoms with Gasteiger partial charge in [-0.25, -0.2) is 0 Å². The molecule has 1 aliphatic carbocycles. The number of benzene rings is 1. The molecule has 1 nitrogen and oxygen atoms in total. The van der Waals surface area contributed by atoms with Gasteiger partial charge in [-0.1, -0.05) is 25.4 Å². The minimum Gasteiger partial charge on any atom is -0.398 e. The topological polar surface area (TPSA) is 26.0 Å². The van der Waals surface area contributed by atoms with Gasteiger partial charge in [-0.15, -0.1) is 11.8 Å². The third-order valence-corrected chi connectivity index (χ3v) is 5.44. The van der Waals surface area contributed by atoms with E-state index < -0.39 is 0 Å². The summed E-state index contributed by atoms with van der Waals surface area (Å²) in [5, 5.41) is 1.41. The molecule has 1 aliphatic rings. The van der Waals surface area contributed by atoms with Crippen molar-refractivity contribution in [2.24, 2.45) is 11.8 Å². The summed E-state index contributed by atoms with van der Waals surface area (Å²) in [5.74, 6) is 1.72. The van der Waals surface area contributed by atoms with Gasteiger partial charge in [0.25, 0.3) is 0 Å². The Morgan fingerprint density at radius 1 is 1.24 bits per heavy atom. The summed E-state index contributed by atoms with van der Waals surface area (Å²) < 4.78 is 0. The van der Waals surface area contributed by atoms with Crippen LogP contribution < -0.4 is 5.73 Å². The van der Waals surface area contributed by atoms with E-state index in [0.717, 1.165) is 17.1 Å². The predicted octanol–water partition coefficient (Wildman–Crippen LogP) is 4.84. The van der Waals surface area contributed by atoms with Gasteiger partial charge in [-0.3, -0.25) is 0 Å². The Morgan fingerprint density at radius 3 is 2.65 bits per heavy atom. The summed E-state index contributed by atoms with van der Waals surface area (Å²) in [5.41, 5.74) is 6.39. The maximum Gasteiger partial charge on any atom is 0.0646 e. The molecule has 0 aliphatic heterocycles. The lowest BCUT2D eigenvalue weighted by Crippen LogP contribution is -2.22. The fourth-order valence-corrected chi connectivity index (χ4v) is 4.00. The Bertz CT molecular complexity index is 394. The molecule has 1 aromatic rings. The van der Waals surface area contributed by atoms with Crippen LogP contribution >= 0.6 is 23.4 Å². The first-order valence-corrected chi connectivity index (χ1v) is 7.53. The molecule has 0 amide bonds. The number of halogens is 1. The number of nitrogen functional groups attached to an aromatic ring is 1. The Labute approximate surface area is 113 Å². The molecule has 2 N–H and O–H groups in total. The van der Waals surface area contributed by atoms with Crippen LogP contribution in [0.2, 0.25) is 5.02 Å². The molecule has 0 bridgehead atoms. The van der Waals surface area contributed by atoms with Crippen LogP contribution in [0.4, 0.5) is 5.69 Å². The first-order valence-electron chi connectivity index (χ1n) is 6.28. The molecule has 0 heterocycles. The molecule has 1 saturated carbocycles. The number of hydrogen-bond acceptors (Lipinski definition) is 2. The van der Waals surface area contributed by atoms with Crippen molar-refractivity contribution < 1.29 is 0 Å². The first-order chi connectivity index (χ1) is 8.06. The van der Waals surface area contributed by atoms with Gasteiger partial charge in [-0.2, -0.15) is 0 Å². The molecule has 0 radical (unpaired) electrons. The predicted molar refractivity (Wildman–Crippen MR) is 77.7 cm³/mol. The van der Waals surface area contributed by atoms with E-state index in [0.29, 0.717) is 10.7 Å². The van der Waals surface area contributed by atoms with Crippen LogP contribution in [0.5, 0.6) is 0 Å². The van der Waals surface area contributed by atoms with Crippen molar-refractivity contribution in [2.75, 3.05) is 5.73 Å². The minimum atomic E-state index is 0.668. The van der Waals surface area contributed by atoms with Gasteiger partial charge in [0.05, 0.1) is 10.7 Å². The fraction of sp³-hybridized carbons (Fsp3) is 0.571. The number of thioether (sulfide) groups is 1. The maximum absolute atomic E-state index is 6.05. The van der Waals surface area contributed by atoms with Gasteiger partial charge in [0, 0.05) is 10.1 Å². The van der Waals surface area contributed by atoms with E-state index in [4.69, 9.17) is 17.3 Å². The van der Waals surface area contributed by atoms with Crippen molar-refractivity contribution in [1.29, 1.82) is 0 Å². The Balaban J connectivity index is 1.99. The molecule has 0 saturated heterocycles. The Kier molecular flexibility index (Phi) is 4.26. The van der Waals surface area contributed by atoms with Crippen molar-refractivity contribution in [1.82, 2.24) is 0 Å². The summed E-state index contributed by atoms with van der Waals surface area (Å²) in [6.45, 7) is 4.74. The molecule has 1 aromatic carbocycles. The average molecular weight is 270 g/mol. The Hall–Kier alpha value is -0.340. The molecular weight excluding hydrogens is 250 g/mol. The van der Waals surface area contributed by atoms with E-state index in [2.05, 4.69) is 19.9 Å². The molecule has 3 atom stereocenters. The second-order valence-electron chi connectivity index (χ2n) is 5.19. The number of hydrogen-bond donors (Lipinski definition) is 1. The summed E-state index contributed by atoms with van der Waals surface area (Å²) in [4.78, 5) is 1.25. The van der Waals surface area contributed by atoms with Crippen LogP contribution in [0, 0.1) is 11.8 Å². The Morgan fingerprint density at radius 2 is 2.00 bits per heavy atom. The highest BCUT2D eigenvalue weighted by Crippen LogP contribution is 2.39. The van der Waals surface area contributed by atoms with Crippen LogP contribution in [-0.2, 0) is 0 Å². The third kappa shape index (κ3) is 3.32. The third-order valence-electron chi connectivity index (χ3n) is 3.82. The normalized spacial score (nSPS) is 29.2. The zero-order valence-corrected chi connectivity index (χ0v) is 12.0. The van der Waals surface area contributed by atoms with E-state index in [1.165, 1.54) is 24.2 Å². The molecule has 2 rings (SSSR count). The van der Waals surface area contributed by atoms with E-state index in [1.807, 2.05) is 23.9 Å². The van der Waals surface area contributed by atoms with E-state index in [-0.39, 0.29) is 0 Å². The standard InChI is InChI=1S/C14H20ClNS/c1-9-3-4-11(7-10(9)2)17-12-5-6-14(16)13(15)8-12/h5-6,8-11H,3-4,7,16H2,1-2H3. The second kappa shape index (κ2) is 5.53.